The number of halogens is 3. The van der Waals surface area contributed by atoms with E-state index >= 15 is 0 Å². The van der Waals surface area contributed by atoms with Gasteiger partial charge in [-0.05, 0) is 25.0 Å². The summed E-state index contributed by atoms with van der Waals surface area (Å²) in [6.07, 6.45) is -4.63. The van der Waals surface area contributed by atoms with Crippen molar-refractivity contribution in [1.82, 2.24) is 4.31 Å². The van der Waals surface area contributed by atoms with E-state index in [-0.39, 0.29) is 31.7 Å². The summed E-state index contributed by atoms with van der Waals surface area (Å²) in [5.74, 6) is -1.62. The standard InChI is InChI=1S/C21H20F3NO5S/c22-21(23,24)17-8-4-5-9-19(17)31(28,29)25-12-10-16(11-13-25)20(27)30-14-18(26)15-6-2-1-3-7-15/h1-9,16H,10-14H2. The molecule has 0 radical (unpaired) electrons. The number of sulfonamides is 1. The fourth-order valence-corrected chi connectivity index (χ4v) is 5.04. The van der Waals surface area contributed by atoms with E-state index in [9.17, 15) is 31.2 Å². The Morgan fingerprint density at radius 2 is 1.55 bits per heavy atom. The van der Waals surface area contributed by atoms with Crippen LogP contribution in [0.25, 0.3) is 0 Å². The molecule has 0 aliphatic carbocycles. The van der Waals surface area contributed by atoms with E-state index in [1.807, 2.05) is 0 Å². The highest BCUT2D eigenvalue weighted by Crippen LogP contribution is 2.36. The Hall–Kier alpha value is -2.72. The third kappa shape index (κ3) is 5.31. The molecular formula is C21H20F3NO5S. The number of ketones is 1. The van der Waals surface area contributed by atoms with Crippen molar-refractivity contribution in [2.24, 2.45) is 5.92 Å². The summed E-state index contributed by atoms with van der Waals surface area (Å²) < 4.78 is 71.2. The zero-order chi connectivity index (χ0) is 22.6. The second-order valence-electron chi connectivity index (χ2n) is 7.07. The lowest BCUT2D eigenvalue weighted by Gasteiger charge is -2.30. The van der Waals surface area contributed by atoms with E-state index in [0.29, 0.717) is 5.56 Å². The number of rotatable bonds is 6. The molecule has 0 N–H and O–H groups in total. The number of carbonyl (C=O) groups is 2. The second kappa shape index (κ2) is 9.19. The van der Waals surface area contributed by atoms with Crippen LogP contribution < -0.4 is 0 Å². The minimum atomic E-state index is -4.81. The summed E-state index contributed by atoms with van der Waals surface area (Å²) in [4.78, 5) is 23.5. The first-order chi connectivity index (χ1) is 14.6. The second-order valence-corrected chi connectivity index (χ2v) is 8.98. The van der Waals surface area contributed by atoms with E-state index in [0.717, 1.165) is 22.5 Å². The summed E-state index contributed by atoms with van der Waals surface area (Å²) in [5.41, 5.74) is -0.824. The Balaban J connectivity index is 1.60. The maximum absolute atomic E-state index is 13.2. The molecule has 0 atom stereocenters. The van der Waals surface area contributed by atoms with Crippen LogP contribution in [0.5, 0.6) is 0 Å². The number of hydrogen-bond acceptors (Lipinski definition) is 5. The third-order valence-electron chi connectivity index (χ3n) is 5.04. The molecule has 0 spiro atoms. The van der Waals surface area contributed by atoms with Crippen molar-refractivity contribution in [3.05, 3.63) is 65.7 Å². The fraction of sp³-hybridized carbons (Fsp3) is 0.333. The highest BCUT2D eigenvalue weighted by Gasteiger charge is 2.40. The van der Waals surface area contributed by atoms with E-state index < -0.39 is 45.2 Å². The maximum atomic E-state index is 13.2. The minimum Gasteiger partial charge on any atom is -0.457 e. The van der Waals surface area contributed by atoms with E-state index in [1.165, 1.54) is 6.07 Å². The lowest BCUT2D eigenvalue weighted by Crippen LogP contribution is -2.41. The average Bonchev–Trinajstić information content (AvgIpc) is 2.77. The van der Waals surface area contributed by atoms with Crippen LogP contribution in [0.4, 0.5) is 13.2 Å². The largest absolute Gasteiger partial charge is 0.457 e. The van der Waals surface area contributed by atoms with Crippen molar-refractivity contribution in [3.63, 3.8) is 0 Å². The molecule has 0 unspecified atom stereocenters. The molecular weight excluding hydrogens is 435 g/mol. The number of Topliss-reactive ketones (excluding diaryl/α,β-unsaturated/α-hetero) is 1. The van der Waals surface area contributed by atoms with Gasteiger partial charge in [0.05, 0.1) is 16.4 Å². The molecule has 31 heavy (non-hydrogen) atoms. The number of esters is 1. The van der Waals surface area contributed by atoms with Gasteiger partial charge in [-0.15, -0.1) is 0 Å². The third-order valence-corrected chi connectivity index (χ3v) is 7.00. The zero-order valence-corrected chi connectivity index (χ0v) is 17.2. The summed E-state index contributed by atoms with van der Waals surface area (Å²) in [6.45, 7) is -0.678. The predicted octanol–water partition coefficient (Wildman–Crippen LogP) is 3.53. The molecule has 166 valence electrons. The highest BCUT2D eigenvalue weighted by molar-refractivity contribution is 7.89. The van der Waals surface area contributed by atoms with Gasteiger partial charge in [0.2, 0.25) is 10.0 Å². The van der Waals surface area contributed by atoms with Gasteiger partial charge in [0.25, 0.3) is 0 Å². The molecule has 0 aromatic heterocycles. The van der Waals surface area contributed by atoms with Crippen LogP contribution in [-0.4, -0.2) is 44.2 Å². The van der Waals surface area contributed by atoms with E-state index in [4.69, 9.17) is 4.74 Å². The molecule has 6 nitrogen and oxygen atoms in total. The Bertz CT molecular complexity index is 1050. The Morgan fingerprint density at radius 3 is 2.16 bits per heavy atom. The quantitative estimate of drug-likeness (QED) is 0.492. The van der Waals surface area contributed by atoms with Crippen molar-refractivity contribution in [2.45, 2.75) is 23.9 Å². The van der Waals surface area contributed by atoms with E-state index in [2.05, 4.69) is 0 Å². The van der Waals surface area contributed by atoms with Crippen LogP contribution in [0, 0.1) is 5.92 Å². The predicted molar refractivity (Wildman–Crippen MR) is 105 cm³/mol. The molecule has 0 amide bonds. The van der Waals surface area contributed by atoms with Crippen LogP contribution in [0.1, 0.15) is 28.8 Å². The topological polar surface area (TPSA) is 80.8 Å². The summed E-state index contributed by atoms with van der Waals surface area (Å²) in [6, 6.07) is 12.3. The molecule has 1 aliphatic heterocycles. The number of alkyl halides is 3. The molecule has 1 saturated heterocycles. The first-order valence-electron chi connectivity index (χ1n) is 9.52. The van der Waals surface area contributed by atoms with Crippen LogP contribution in [0.3, 0.4) is 0 Å². The van der Waals surface area contributed by atoms with Crippen LogP contribution in [-0.2, 0) is 25.7 Å². The monoisotopic (exact) mass is 455 g/mol. The molecule has 2 aromatic rings. The number of piperidine rings is 1. The van der Waals surface area contributed by atoms with Gasteiger partial charge in [0.1, 0.15) is 0 Å². The van der Waals surface area contributed by atoms with Gasteiger partial charge in [0, 0.05) is 18.7 Å². The van der Waals surface area contributed by atoms with Gasteiger partial charge in [-0.1, -0.05) is 42.5 Å². The SMILES string of the molecule is O=C(COC(=O)C1CCN(S(=O)(=O)c2ccccc2C(F)(F)F)CC1)c1ccccc1. The van der Waals surface area contributed by atoms with Crippen LogP contribution in [0.15, 0.2) is 59.5 Å². The molecule has 1 fully saturated rings. The normalized spacial score (nSPS) is 16.1. The maximum Gasteiger partial charge on any atom is 0.417 e. The Labute approximate surface area is 177 Å². The zero-order valence-electron chi connectivity index (χ0n) is 16.3. The van der Waals surface area contributed by atoms with Crippen molar-refractivity contribution in [3.8, 4) is 0 Å². The minimum absolute atomic E-state index is 0.0891. The molecule has 0 bridgehead atoms. The Morgan fingerprint density at radius 1 is 0.968 bits per heavy atom. The number of hydrogen-bond donors (Lipinski definition) is 0. The number of carbonyl (C=O) groups excluding carboxylic acids is 2. The smallest absolute Gasteiger partial charge is 0.417 e. The van der Waals surface area contributed by atoms with E-state index in [1.54, 1.807) is 30.3 Å². The average molecular weight is 455 g/mol. The lowest BCUT2D eigenvalue weighted by molar-refractivity contribution is -0.148. The van der Waals surface area contributed by atoms with Crippen LogP contribution in [0.2, 0.25) is 0 Å². The number of nitrogens with zero attached hydrogens (tertiary/aromatic N) is 1. The van der Waals surface area contributed by atoms with Crippen molar-refractivity contribution < 1.29 is 35.9 Å². The van der Waals surface area contributed by atoms with Gasteiger partial charge in [-0.2, -0.15) is 17.5 Å². The van der Waals surface area contributed by atoms with Crippen LogP contribution >= 0.6 is 0 Å². The summed E-state index contributed by atoms with van der Waals surface area (Å²) in [5, 5.41) is 0. The molecule has 1 heterocycles. The molecule has 1 aliphatic rings. The van der Waals surface area contributed by atoms with Gasteiger partial charge < -0.3 is 4.74 Å². The van der Waals surface area contributed by atoms with Gasteiger partial charge in [0.15, 0.2) is 12.4 Å². The molecule has 0 saturated carbocycles. The summed E-state index contributed by atoms with van der Waals surface area (Å²) >= 11 is 0. The van der Waals surface area contributed by atoms with Crippen molar-refractivity contribution in [2.75, 3.05) is 19.7 Å². The first-order valence-corrected chi connectivity index (χ1v) is 11.0. The van der Waals surface area contributed by atoms with Gasteiger partial charge >= 0.3 is 12.1 Å². The Kier molecular flexibility index (Phi) is 6.80. The van der Waals surface area contributed by atoms with Gasteiger partial charge in [-0.3, -0.25) is 9.59 Å². The molecule has 10 heteroatoms. The highest BCUT2D eigenvalue weighted by atomic mass is 32.2. The molecule has 3 rings (SSSR count). The molecule has 2 aromatic carbocycles. The fourth-order valence-electron chi connectivity index (χ4n) is 3.36. The first kappa shape index (κ1) is 23.0. The number of benzene rings is 2. The lowest BCUT2D eigenvalue weighted by atomic mass is 9.98. The van der Waals surface area contributed by atoms with Crippen molar-refractivity contribution >= 4 is 21.8 Å². The van der Waals surface area contributed by atoms with Gasteiger partial charge in [-0.25, -0.2) is 8.42 Å². The van der Waals surface area contributed by atoms with Crippen molar-refractivity contribution in [1.29, 1.82) is 0 Å². The number of ether oxygens (including phenoxy) is 1. The summed E-state index contributed by atoms with van der Waals surface area (Å²) in [7, 11) is -4.38.